The van der Waals surface area contributed by atoms with E-state index in [4.69, 9.17) is 16.1 Å². The lowest BCUT2D eigenvalue weighted by atomic mass is 9.72. The summed E-state index contributed by atoms with van der Waals surface area (Å²) in [6.45, 7) is 3.20. The van der Waals surface area contributed by atoms with Crippen LogP contribution >= 0.6 is 11.3 Å². The first-order valence-corrected chi connectivity index (χ1v) is 11.7. The lowest BCUT2D eigenvalue weighted by molar-refractivity contribution is -0.0315. The number of aliphatic hydroxyl groups is 1. The third-order valence-electron chi connectivity index (χ3n) is 6.22. The van der Waals surface area contributed by atoms with Crippen LogP contribution in [0.5, 0.6) is 0 Å². The molecule has 2 aliphatic rings. The fraction of sp³-hybridized carbons (Fsp3) is 0.333. The van der Waals surface area contributed by atoms with Crippen molar-refractivity contribution >= 4 is 22.5 Å². The number of rotatable bonds is 5. The van der Waals surface area contributed by atoms with Gasteiger partial charge in [-0.1, -0.05) is 17.3 Å². The Hall–Kier alpha value is -3.32. The van der Waals surface area contributed by atoms with Crippen molar-refractivity contribution in [3.8, 4) is 34.3 Å². The summed E-state index contributed by atoms with van der Waals surface area (Å²) >= 11 is 1.57. The van der Waals surface area contributed by atoms with E-state index in [1.54, 1.807) is 17.5 Å². The number of nitrogens with one attached hydrogen (secondary N) is 1. The van der Waals surface area contributed by atoms with Crippen LogP contribution in [0.2, 0.25) is 0 Å². The van der Waals surface area contributed by atoms with Gasteiger partial charge in [0, 0.05) is 23.4 Å². The molecule has 2 fully saturated rings. The predicted octanol–water partition coefficient (Wildman–Crippen LogP) is 3.34. The molecule has 1 saturated heterocycles. The van der Waals surface area contributed by atoms with Crippen molar-refractivity contribution < 1.29 is 9.84 Å². The molecule has 0 aromatic carbocycles. The van der Waals surface area contributed by atoms with E-state index in [1.165, 1.54) is 0 Å². The number of fused-ring (bicyclic) bond motifs is 1. The minimum atomic E-state index is -0.592. The van der Waals surface area contributed by atoms with E-state index in [9.17, 15) is 5.11 Å². The number of nitrogens with zero attached hydrogens (tertiary/aromatic N) is 5. The van der Waals surface area contributed by atoms with Crippen LogP contribution < -0.4 is 5.32 Å². The molecule has 6 rings (SSSR count). The summed E-state index contributed by atoms with van der Waals surface area (Å²) in [5, 5.41) is 28.8. The Morgan fingerprint density at radius 2 is 2.09 bits per heavy atom. The lowest BCUT2D eigenvalue weighted by Crippen LogP contribution is -2.40. The van der Waals surface area contributed by atoms with Gasteiger partial charge in [0.2, 0.25) is 0 Å². The van der Waals surface area contributed by atoms with Gasteiger partial charge in [-0.05, 0) is 44.0 Å². The molecule has 2 N–H and O–H groups in total. The zero-order chi connectivity index (χ0) is 22.6. The average molecular weight is 459 g/mol. The maximum atomic E-state index is 10.1. The Bertz CT molecular complexity index is 1390. The van der Waals surface area contributed by atoms with Gasteiger partial charge >= 0.3 is 0 Å². The minimum absolute atomic E-state index is 0.244. The topological polar surface area (TPSA) is 97.5 Å². The van der Waals surface area contributed by atoms with Crippen molar-refractivity contribution in [1.29, 1.82) is 0 Å². The van der Waals surface area contributed by atoms with Gasteiger partial charge in [-0.15, -0.1) is 16.6 Å². The van der Waals surface area contributed by atoms with Crippen LogP contribution in [0.15, 0.2) is 36.7 Å². The highest BCUT2D eigenvalue weighted by Gasteiger charge is 2.41. The highest BCUT2D eigenvalue weighted by Crippen LogP contribution is 2.46. The first kappa shape index (κ1) is 20.3. The molecule has 1 aliphatic carbocycles. The SMILES string of the molecule is C#Cc1cnn2c(-c3cc(NC4COC4)c(-c4nnc(C5CC(C)(O)C5)s4)cn3)ccc2c1. The number of ether oxygens (including phenoxy) is 1. The van der Waals surface area contributed by atoms with Crippen LogP contribution in [-0.4, -0.2) is 54.8 Å². The number of hydrogen-bond donors (Lipinski definition) is 2. The molecular weight excluding hydrogens is 436 g/mol. The summed E-state index contributed by atoms with van der Waals surface area (Å²) in [7, 11) is 0. The summed E-state index contributed by atoms with van der Waals surface area (Å²) in [6, 6.07) is 8.17. The van der Waals surface area contributed by atoms with Crippen LogP contribution in [0, 0.1) is 12.3 Å². The van der Waals surface area contributed by atoms with Crippen LogP contribution in [0.4, 0.5) is 5.69 Å². The molecule has 0 spiro atoms. The average Bonchev–Trinajstić information content (AvgIpc) is 3.41. The van der Waals surface area contributed by atoms with E-state index in [-0.39, 0.29) is 12.0 Å². The molecule has 1 saturated carbocycles. The quantitative estimate of drug-likeness (QED) is 0.443. The van der Waals surface area contributed by atoms with Crippen molar-refractivity contribution in [2.75, 3.05) is 18.5 Å². The second kappa shape index (κ2) is 7.63. The van der Waals surface area contributed by atoms with Crippen LogP contribution in [0.25, 0.3) is 27.5 Å². The van der Waals surface area contributed by atoms with Crippen molar-refractivity contribution in [3.63, 3.8) is 0 Å². The van der Waals surface area contributed by atoms with Crippen molar-refractivity contribution in [1.82, 2.24) is 24.8 Å². The van der Waals surface area contributed by atoms with E-state index in [2.05, 4.69) is 26.5 Å². The molecule has 0 amide bonds. The second-order valence-corrected chi connectivity index (χ2v) is 9.99. The molecule has 1 aliphatic heterocycles. The lowest BCUT2D eigenvalue weighted by Gasteiger charge is -2.39. The number of terminal acetylenes is 1. The van der Waals surface area contributed by atoms with E-state index in [0.29, 0.717) is 13.2 Å². The Labute approximate surface area is 194 Å². The largest absolute Gasteiger partial charge is 0.390 e. The molecule has 9 heteroatoms. The zero-order valence-electron chi connectivity index (χ0n) is 18.0. The van der Waals surface area contributed by atoms with Gasteiger partial charge in [-0.25, -0.2) is 4.52 Å². The highest BCUT2D eigenvalue weighted by molar-refractivity contribution is 7.14. The molecule has 4 aromatic heterocycles. The monoisotopic (exact) mass is 458 g/mol. The van der Waals surface area contributed by atoms with Crippen LogP contribution in [0.1, 0.15) is 36.3 Å². The molecule has 0 unspecified atom stereocenters. The molecule has 166 valence electrons. The standard InChI is InChI=1S/C24H22N6O2S/c1-3-14-6-17-4-5-21(30(17)26-10-14)20-7-19(27-16-12-32-13-16)18(11-25-20)23-29-28-22(33-23)15-8-24(2,31)9-15/h1,4-7,10-11,15-16,31H,8-9,12-13H2,2H3,(H,25,27). The summed E-state index contributed by atoms with van der Waals surface area (Å²) in [6.07, 6.45) is 10.5. The minimum Gasteiger partial charge on any atom is -0.390 e. The predicted molar refractivity (Wildman–Crippen MR) is 126 cm³/mol. The summed E-state index contributed by atoms with van der Waals surface area (Å²) < 4.78 is 7.19. The zero-order valence-corrected chi connectivity index (χ0v) is 18.8. The van der Waals surface area contributed by atoms with E-state index < -0.39 is 5.60 Å². The fourth-order valence-electron chi connectivity index (χ4n) is 4.38. The molecule has 0 radical (unpaired) electrons. The van der Waals surface area contributed by atoms with Gasteiger partial charge in [-0.3, -0.25) is 4.98 Å². The number of aromatic nitrogens is 5. The molecule has 8 nitrogen and oxygen atoms in total. The molecule has 0 atom stereocenters. The first-order chi connectivity index (χ1) is 16.0. The molecule has 4 aromatic rings. The Kier molecular flexibility index (Phi) is 4.69. The summed E-state index contributed by atoms with van der Waals surface area (Å²) in [5.41, 5.74) is 4.58. The summed E-state index contributed by atoms with van der Waals surface area (Å²) in [4.78, 5) is 4.74. The van der Waals surface area contributed by atoms with Crippen molar-refractivity contribution in [3.05, 3.63) is 47.2 Å². The van der Waals surface area contributed by atoms with Gasteiger partial charge < -0.3 is 15.2 Å². The van der Waals surface area contributed by atoms with Crippen LogP contribution in [0.3, 0.4) is 0 Å². The molecule has 5 heterocycles. The Morgan fingerprint density at radius 1 is 1.24 bits per heavy atom. The van der Waals surface area contributed by atoms with Gasteiger partial charge in [0.05, 0.1) is 53.5 Å². The third-order valence-corrected chi connectivity index (χ3v) is 7.34. The first-order valence-electron chi connectivity index (χ1n) is 10.8. The number of hydrogen-bond acceptors (Lipinski definition) is 8. The van der Waals surface area contributed by atoms with E-state index in [1.807, 2.05) is 41.9 Å². The Balaban J connectivity index is 1.37. The second-order valence-electron chi connectivity index (χ2n) is 8.99. The van der Waals surface area contributed by atoms with E-state index in [0.717, 1.165) is 56.6 Å². The fourth-order valence-corrected chi connectivity index (χ4v) is 5.35. The van der Waals surface area contributed by atoms with Gasteiger partial charge in [0.15, 0.2) is 5.01 Å². The van der Waals surface area contributed by atoms with Gasteiger partial charge in [0.1, 0.15) is 5.01 Å². The highest BCUT2D eigenvalue weighted by atomic mass is 32.1. The maximum Gasteiger partial charge on any atom is 0.151 e. The number of pyridine rings is 1. The molecular formula is C24H22N6O2S. The van der Waals surface area contributed by atoms with Gasteiger partial charge in [-0.2, -0.15) is 5.10 Å². The smallest absolute Gasteiger partial charge is 0.151 e. The Morgan fingerprint density at radius 3 is 2.82 bits per heavy atom. The van der Waals surface area contributed by atoms with Gasteiger partial charge in [0.25, 0.3) is 0 Å². The third kappa shape index (κ3) is 3.66. The molecule has 33 heavy (non-hydrogen) atoms. The normalized spacial score (nSPS) is 22.5. The van der Waals surface area contributed by atoms with Crippen molar-refractivity contribution in [2.24, 2.45) is 0 Å². The maximum absolute atomic E-state index is 10.1. The number of anilines is 1. The van der Waals surface area contributed by atoms with Crippen molar-refractivity contribution in [2.45, 2.75) is 37.3 Å². The van der Waals surface area contributed by atoms with E-state index >= 15 is 0 Å². The summed E-state index contributed by atoms with van der Waals surface area (Å²) in [5.74, 6) is 2.89. The molecule has 0 bridgehead atoms. The van der Waals surface area contributed by atoms with Crippen LogP contribution in [-0.2, 0) is 4.74 Å².